The lowest BCUT2D eigenvalue weighted by Crippen LogP contribution is -2.16. The highest BCUT2D eigenvalue weighted by Gasteiger charge is 2.12. The Bertz CT molecular complexity index is 848. The Morgan fingerprint density at radius 2 is 2.36 bits per heavy atom. The number of nitrogens with one attached hydrogen (secondary N) is 2. The summed E-state index contributed by atoms with van der Waals surface area (Å²) in [6.45, 7) is 0. The molecule has 3 aromatic heterocycles. The van der Waals surface area contributed by atoms with Gasteiger partial charge in [0.15, 0.2) is 5.13 Å². The molecule has 0 radical (unpaired) electrons. The minimum Gasteiger partial charge on any atom is -0.334 e. The molecule has 0 unspecified atom stereocenters. The third kappa shape index (κ3) is 4.74. The molecule has 128 valence electrons. The average molecular weight is 375 g/mol. The van der Waals surface area contributed by atoms with Crippen LogP contribution < -0.4 is 16.6 Å². The number of carbonyl (C=O) groups is 1. The molecular formula is C13H13N9OS2. The molecule has 3 aromatic rings. The van der Waals surface area contributed by atoms with E-state index >= 15 is 0 Å². The molecule has 0 aliphatic heterocycles. The Morgan fingerprint density at radius 1 is 1.44 bits per heavy atom. The molecule has 0 saturated heterocycles. The fourth-order valence-electron chi connectivity index (χ4n) is 1.64. The lowest BCUT2D eigenvalue weighted by molar-refractivity contribution is -0.113. The van der Waals surface area contributed by atoms with Crippen LogP contribution in [0.4, 0.5) is 11.1 Å². The predicted octanol–water partition coefficient (Wildman–Crippen LogP) is 1.02. The second kappa shape index (κ2) is 8.21. The molecule has 0 atom stereocenters. The molecule has 0 saturated carbocycles. The van der Waals surface area contributed by atoms with Crippen LogP contribution in [0.1, 0.15) is 5.56 Å². The minimum atomic E-state index is -0.202. The summed E-state index contributed by atoms with van der Waals surface area (Å²) in [7, 11) is 0. The molecule has 25 heavy (non-hydrogen) atoms. The number of nitrogens with two attached hydrogens (primary N) is 1. The molecule has 1 amide bonds. The number of aromatic nitrogens is 5. The Morgan fingerprint density at radius 3 is 3.12 bits per heavy atom. The lowest BCUT2D eigenvalue weighted by atomic mass is 10.3. The van der Waals surface area contributed by atoms with Gasteiger partial charge in [0.05, 0.1) is 12.0 Å². The van der Waals surface area contributed by atoms with Crippen molar-refractivity contribution in [3.63, 3.8) is 0 Å². The Balaban J connectivity index is 1.52. The van der Waals surface area contributed by atoms with Gasteiger partial charge in [-0.3, -0.25) is 9.78 Å². The predicted molar refractivity (Wildman–Crippen MR) is 97.1 cm³/mol. The summed E-state index contributed by atoms with van der Waals surface area (Å²) in [5.41, 5.74) is 3.52. The van der Waals surface area contributed by atoms with Crippen LogP contribution in [0.15, 0.2) is 46.4 Å². The lowest BCUT2D eigenvalue weighted by Gasteiger charge is -2.03. The molecule has 0 aromatic carbocycles. The van der Waals surface area contributed by atoms with Crippen molar-refractivity contribution in [2.45, 2.75) is 5.16 Å². The zero-order chi connectivity index (χ0) is 17.5. The van der Waals surface area contributed by atoms with Gasteiger partial charge in [0.25, 0.3) is 5.95 Å². The summed E-state index contributed by atoms with van der Waals surface area (Å²) < 4.78 is 1.22. The molecule has 4 N–H and O–H groups in total. The van der Waals surface area contributed by atoms with Gasteiger partial charge in [0.2, 0.25) is 11.1 Å². The molecule has 0 aliphatic carbocycles. The van der Waals surface area contributed by atoms with Gasteiger partial charge in [0.1, 0.15) is 0 Å². The Hall–Kier alpha value is -2.99. The summed E-state index contributed by atoms with van der Waals surface area (Å²) in [5.74, 6) is 6.07. The number of hydrogen-bond acceptors (Lipinski definition) is 10. The van der Waals surface area contributed by atoms with E-state index in [1.807, 2.05) is 6.07 Å². The first kappa shape index (κ1) is 16.9. The van der Waals surface area contributed by atoms with Crippen molar-refractivity contribution in [2.75, 3.05) is 22.3 Å². The van der Waals surface area contributed by atoms with E-state index < -0.39 is 0 Å². The number of hydrogen-bond donors (Lipinski definition) is 3. The summed E-state index contributed by atoms with van der Waals surface area (Å²) in [6, 6.07) is 3.66. The van der Waals surface area contributed by atoms with Crippen LogP contribution in [0.2, 0.25) is 0 Å². The molecule has 12 heteroatoms. The van der Waals surface area contributed by atoms with E-state index in [2.05, 4.69) is 36.0 Å². The standard InChI is InChI=1S/C13H13N9OS2/c14-22-11(19-17-7-9-2-1-3-15-6-9)20-21-13(22)25-8-10(23)18-12-16-4-5-24-12/h1-7H,8,14H2,(H,19,20)(H,16,18,23)/b17-7+. The largest absolute Gasteiger partial charge is 0.334 e. The molecule has 0 fully saturated rings. The monoisotopic (exact) mass is 375 g/mol. The summed E-state index contributed by atoms with van der Waals surface area (Å²) in [5, 5.41) is 17.2. The van der Waals surface area contributed by atoms with Crippen molar-refractivity contribution in [1.29, 1.82) is 0 Å². The summed E-state index contributed by atoms with van der Waals surface area (Å²) >= 11 is 2.50. The number of pyridine rings is 1. The zero-order valence-corrected chi connectivity index (χ0v) is 14.4. The minimum absolute atomic E-state index is 0.133. The normalized spacial score (nSPS) is 10.9. The highest BCUT2D eigenvalue weighted by molar-refractivity contribution is 7.99. The van der Waals surface area contributed by atoms with Crippen LogP contribution in [0.25, 0.3) is 0 Å². The van der Waals surface area contributed by atoms with Crippen LogP contribution in [-0.4, -0.2) is 42.7 Å². The van der Waals surface area contributed by atoms with Crippen LogP contribution in [0.3, 0.4) is 0 Å². The number of thiazole rings is 1. The van der Waals surface area contributed by atoms with Crippen LogP contribution in [0.5, 0.6) is 0 Å². The first-order valence-electron chi connectivity index (χ1n) is 6.94. The number of hydrazone groups is 1. The highest BCUT2D eigenvalue weighted by atomic mass is 32.2. The smallest absolute Gasteiger partial charge is 0.264 e. The zero-order valence-electron chi connectivity index (χ0n) is 12.7. The molecular weight excluding hydrogens is 362 g/mol. The van der Waals surface area contributed by atoms with Crippen LogP contribution >= 0.6 is 23.1 Å². The third-order valence-corrected chi connectivity index (χ3v) is 4.37. The van der Waals surface area contributed by atoms with E-state index in [0.717, 1.165) is 17.3 Å². The van der Waals surface area contributed by atoms with Crippen molar-refractivity contribution in [3.8, 4) is 0 Å². The fourth-order valence-corrected chi connectivity index (χ4v) is 2.84. The number of rotatable bonds is 7. The van der Waals surface area contributed by atoms with Gasteiger partial charge in [-0.25, -0.2) is 15.1 Å². The fraction of sp³-hybridized carbons (Fsp3) is 0.0769. The maximum Gasteiger partial charge on any atom is 0.264 e. The molecule has 0 spiro atoms. The number of anilines is 2. The first-order valence-corrected chi connectivity index (χ1v) is 8.80. The van der Waals surface area contributed by atoms with E-state index in [1.54, 1.807) is 36.3 Å². The number of nitrogens with zero attached hydrogens (tertiary/aromatic N) is 6. The molecule has 3 rings (SSSR count). The maximum atomic E-state index is 11.8. The Labute approximate surface area is 150 Å². The maximum absolute atomic E-state index is 11.8. The topological polar surface area (TPSA) is 136 Å². The van der Waals surface area contributed by atoms with Gasteiger partial charge in [-0.15, -0.1) is 21.5 Å². The van der Waals surface area contributed by atoms with Gasteiger partial charge in [-0.1, -0.05) is 17.8 Å². The van der Waals surface area contributed by atoms with Crippen molar-refractivity contribution < 1.29 is 4.79 Å². The van der Waals surface area contributed by atoms with Crippen LogP contribution in [0, 0.1) is 0 Å². The van der Waals surface area contributed by atoms with E-state index in [9.17, 15) is 4.79 Å². The van der Waals surface area contributed by atoms with E-state index in [1.165, 1.54) is 16.0 Å². The number of amides is 1. The SMILES string of the molecule is Nn1c(N/N=C/c2cccnc2)nnc1SCC(=O)Nc1nccs1. The first-order chi connectivity index (χ1) is 12.2. The van der Waals surface area contributed by atoms with Crippen molar-refractivity contribution >= 4 is 46.3 Å². The second-order valence-corrected chi connectivity index (χ2v) is 6.34. The van der Waals surface area contributed by atoms with Crippen molar-refractivity contribution in [3.05, 3.63) is 41.7 Å². The van der Waals surface area contributed by atoms with Gasteiger partial charge in [0, 0.05) is 29.5 Å². The molecule has 10 nitrogen and oxygen atoms in total. The third-order valence-electron chi connectivity index (χ3n) is 2.74. The van der Waals surface area contributed by atoms with E-state index in [-0.39, 0.29) is 17.6 Å². The van der Waals surface area contributed by atoms with Gasteiger partial charge < -0.3 is 11.2 Å². The Kier molecular flexibility index (Phi) is 5.53. The van der Waals surface area contributed by atoms with E-state index in [4.69, 9.17) is 5.84 Å². The van der Waals surface area contributed by atoms with E-state index in [0.29, 0.717) is 10.3 Å². The average Bonchev–Trinajstić information content (AvgIpc) is 3.25. The number of nitrogen functional groups attached to an aromatic ring is 1. The number of carbonyl (C=O) groups excluding carboxylic acids is 1. The van der Waals surface area contributed by atoms with Gasteiger partial charge in [-0.05, 0) is 6.07 Å². The van der Waals surface area contributed by atoms with Crippen molar-refractivity contribution in [1.82, 2.24) is 24.8 Å². The summed E-state index contributed by atoms with van der Waals surface area (Å²) in [6.07, 6.45) is 6.54. The molecule has 3 heterocycles. The highest BCUT2D eigenvalue weighted by Crippen LogP contribution is 2.17. The summed E-state index contributed by atoms with van der Waals surface area (Å²) in [4.78, 5) is 19.8. The molecule has 0 aliphatic rings. The van der Waals surface area contributed by atoms with Crippen LogP contribution in [-0.2, 0) is 4.79 Å². The quantitative estimate of drug-likeness (QED) is 0.241. The van der Waals surface area contributed by atoms with Gasteiger partial charge >= 0.3 is 0 Å². The number of thioether (sulfide) groups is 1. The second-order valence-electron chi connectivity index (χ2n) is 4.51. The van der Waals surface area contributed by atoms with Crippen molar-refractivity contribution in [2.24, 2.45) is 5.10 Å². The molecule has 0 bridgehead atoms. The van der Waals surface area contributed by atoms with Gasteiger partial charge in [-0.2, -0.15) is 5.10 Å².